The van der Waals surface area contributed by atoms with Crippen LogP contribution in [0.5, 0.6) is 0 Å². The quantitative estimate of drug-likeness (QED) is 0.723. The Hall–Kier alpha value is 0.788. The summed E-state index contributed by atoms with van der Waals surface area (Å²) in [4.78, 5) is 0. The van der Waals surface area contributed by atoms with Crippen molar-refractivity contribution >= 4 is 29.8 Å². The second-order valence-electron chi connectivity index (χ2n) is 7.42. The Bertz CT molecular complexity index is 275. The van der Waals surface area contributed by atoms with E-state index >= 15 is 0 Å². The lowest BCUT2D eigenvalue weighted by atomic mass is 11.3. The maximum Gasteiger partial charge on any atom is 0.170 e. The SMILES string of the molecule is CO[Si](C)(C)[Si](C)(C)[Si](C)(C)[Si](C)(C)N(C)C. The number of nitrogens with zero attached hydrogens (tertiary/aromatic N) is 1. The van der Waals surface area contributed by atoms with Crippen LogP contribution in [0.2, 0.25) is 52.4 Å². The van der Waals surface area contributed by atoms with Gasteiger partial charge in [0.2, 0.25) is 0 Å². The van der Waals surface area contributed by atoms with Crippen LogP contribution in [0.25, 0.3) is 0 Å². The molecule has 0 radical (unpaired) electrons. The van der Waals surface area contributed by atoms with Crippen LogP contribution in [0.1, 0.15) is 0 Å². The van der Waals surface area contributed by atoms with Crippen molar-refractivity contribution in [3.63, 3.8) is 0 Å². The van der Waals surface area contributed by atoms with Crippen molar-refractivity contribution in [2.75, 3.05) is 21.2 Å². The first-order valence-electron chi connectivity index (χ1n) is 6.48. The van der Waals surface area contributed by atoms with Crippen molar-refractivity contribution in [3.05, 3.63) is 0 Å². The molecule has 0 aromatic heterocycles. The average Bonchev–Trinajstić information content (AvgIpc) is 2.16. The summed E-state index contributed by atoms with van der Waals surface area (Å²) < 4.78 is 8.57. The molecule has 0 bridgehead atoms. The van der Waals surface area contributed by atoms with E-state index in [1.54, 1.807) is 0 Å². The number of hydrogen-bond acceptors (Lipinski definition) is 2. The molecule has 0 aromatic carbocycles. The fourth-order valence-electron chi connectivity index (χ4n) is 2.33. The van der Waals surface area contributed by atoms with Crippen LogP contribution >= 0.6 is 0 Å². The predicted molar refractivity (Wildman–Crippen MR) is 90.6 cm³/mol. The predicted octanol–water partition coefficient (Wildman–Crippen LogP) is 3.26. The second-order valence-corrected chi connectivity index (χ2v) is 46.6. The molecule has 0 saturated carbocycles. The first-order valence-corrected chi connectivity index (χ1v) is 21.3. The molecule has 0 aliphatic rings. The molecule has 0 saturated heterocycles. The summed E-state index contributed by atoms with van der Waals surface area (Å²) in [6.07, 6.45) is 0. The lowest BCUT2D eigenvalue weighted by Crippen LogP contribution is -2.82. The monoisotopic (exact) mass is 307 g/mol. The van der Waals surface area contributed by atoms with E-state index in [0.717, 1.165) is 0 Å². The lowest BCUT2D eigenvalue weighted by molar-refractivity contribution is 0.420. The molecule has 0 unspecified atom stereocenters. The van der Waals surface area contributed by atoms with Gasteiger partial charge in [0.25, 0.3) is 0 Å². The minimum absolute atomic E-state index is 1.24. The highest BCUT2D eigenvalue weighted by Gasteiger charge is 2.60. The van der Waals surface area contributed by atoms with Crippen LogP contribution in [0, 0.1) is 0 Å². The fourth-order valence-corrected chi connectivity index (χ4v) is 67.6. The van der Waals surface area contributed by atoms with Gasteiger partial charge in [-0.3, -0.25) is 0 Å². The van der Waals surface area contributed by atoms with Gasteiger partial charge in [-0.15, -0.1) is 0 Å². The van der Waals surface area contributed by atoms with Crippen molar-refractivity contribution in [2.24, 2.45) is 0 Å². The standard InChI is InChI=1S/C11H33NOSi4/c1-12(2)14(4,5)16(8,9)17(10,11)15(6,7)13-3/h1-11H3. The summed E-state index contributed by atoms with van der Waals surface area (Å²) in [6, 6.07) is 0. The third-order valence-corrected chi connectivity index (χ3v) is 72.6. The minimum atomic E-state index is -1.49. The molecule has 104 valence electrons. The highest BCUT2D eigenvalue weighted by atomic mass is 29.8. The van der Waals surface area contributed by atoms with Gasteiger partial charge >= 0.3 is 0 Å². The summed E-state index contributed by atoms with van der Waals surface area (Å²) >= 11 is 0. The number of hydrogen-bond donors (Lipinski definition) is 0. The van der Waals surface area contributed by atoms with Crippen molar-refractivity contribution in [1.82, 2.24) is 4.57 Å². The average molecular weight is 308 g/mol. The molecule has 0 atom stereocenters. The van der Waals surface area contributed by atoms with E-state index in [1.165, 1.54) is 0 Å². The van der Waals surface area contributed by atoms with Gasteiger partial charge in [0.05, 0.1) is 14.2 Å². The van der Waals surface area contributed by atoms with E-state index in [2.05, 4.69) is 71.0 Å². The van der Waals surface area contributed by atoms with Crippen molar-refractivity contribution in [2.45, 2.75) is 52.4 Å². The van der Waals surface area contributed by atoms with Gasteiger partial charge < -0.3 is 8.99 Å². The van der Waals surface area contributed by atoms with Gasteiger partial charge in [0.15, 0.2) is 7.83 Å². The Kier molecular flexibility index (Phi) is 5.28. The lowest BCUT2D eigenvalue weighted by Gasteiger charge is -2.55. The number of rotatable bonds is 5. The molecule has 0 rings (SSSR count). The Balaban J connectivity index is 5.61. The van der Waals surface area contributed by atoms with E-state index in [0.29, 0.717) is 0 Å². The van der Waals surface area contributed by atoms with Gasteiger partial charge in [0, 0.05) is 7.11 Å². The second kappa shape index (κ2) is 5.05. The molecule has 2 nitrogen and oxygen atoms in total. The third kappa shape index (κ3) is 2.71. The maximum atomic E-state index is 6.00. The first-order chi connectivity index (χ1) is 7.25. The molecule has 0 fully saturated rings. The van der Waals surface area contributed by atoms with E-state index in [1.807, 2.05) is 7.11 Å². The van der Waals surface area contributed by atoms with Gasteiger partial charge in [-0.25, -0.2) is 0 Å². The summed E-state index contributed by atoms with van der Waals surface area (Å²) in [6.45, 7) is 20.5. The zero-order chi connectivity index (χ0) is 14.3. The Labute approximate surface area is 112 Å². The van der Waals surface area contributed by atoms with Gasteiger partial charge in [0.1, 0.15) is 7.75 Å². The summed E-state index contributed by atoms with van der Waals surface area (Å²) in [5.41, 5.74) is 0. The van der Waals surface area contributed by atoms with Crippen LogP contribution in [0.3, 0.4) is 0 Å². The van der Waals surface area contributed by atoms with Gasteiger partial charge in [-0.05, 0) is 27.2 Å². The highest BCUT2D eigenvalue weighted by molar-refractivity contribution is 7.82. The minimum Gasteiger partial charge on any atom is -0.423 e. The molecule has 0 aromatic rings. The maximum absolute atomic E-state index is 6.00. The first kappa shape index (κ1) is 17.8. The van der Waals surface area contributed by atoms with Crippen molar-refractivity contribution < 1.29 is 4.43 Å². The molecule has 6 heteroatoms. The Morgan fingerprint density at radius 3 is 1.29 bits per heavy atom. The van der Waals surface area contributed by atoms with Crippen LogP contribution < -0.4 is 0 Å². The van der Waals surface area contributed by atoms with Gasteiger partial charge in [-0.1, -0.05) is 39.3 Å². The van der Waals surface area contributed by atoms with Gasteiger partial charge in [-0.2, -0.15) is 0 Å². The molecule has 0 aliphatic carbocycles. The van der Waals surface area contributed by atoms with Crippen LogP contribution in [-0.4, -0.2) is 55.6 Å². The molecule has 0 heterocycles. The normalized spacial score (nSPS) is 15.5. The Morgan fingerprint density at radius 1 is 0.706 bits per heavy atom. The molecular weight excluding hydrogens is 274 g/mol. The highest BCUT2D eigenvalue weighted by Crippen LogP contribution is 2.35. The van der Waals surface area contributed by atoms with E-state index < -0.39 is 29.8 Å². The van der Waals surface area contributed by atoms with Crippen molar-refractivity contribution in [1.29, 1.82) is 0 Å². The van der Waals surface area contributed by atoms with E-state index in [4.69, 9.17) is 4.43 Å². The zero-order valence-electron chi connectivity index (χ0n) is 13.9. The molecule has 0 N–H and O–H groups in total. The third-order valence-electron chi connectivity index (χ3n) is 6.23. The summed E-state index contributed by atoms with van der Waals surface area (Å²) in [5, 5.41) is 0. The molecule has 17 heavy (non-hydrogen) atoms. The largest absolute Gasteiger partial charge is 0.423 e. The van der Waals surface area contributed by atoms with E-state index in [-0.39, 0.29) is 0 Å². The fraction of sp³-hybridized carbons (Fsp3) is 1.00. The molecule has 0 aliphatic heterocycles. The summed E-state index contributed by atoms with van der Waals surface area (Å²) in [7, 11) is 1.22. The zero-order valence-corrected chi connectivity index (χ0v) is 17.9. The molecular formula is C11H33NOSi4. The summed E-state index contributed by atoms with van der Waals surface area (Å²) in [5.74, 6) is 0. The van der Waals surface area contributed by atoms with Crippen LogP contribution in [0.4, 0.5) is 0 Å². The topological polar surface area (TPSA) is 12.5 Å². The molecule has 0 amide bonds. The van der Waals surface area contributed by atoms with Crippen LogP contribution in [-0.2, 0) is 4.43 Å². The van der Waals surface area contributed by atoms with E-state index in [9.17, 15) is 0 Å². The Morgan fingerprint density at radius 2 is 1.06 bits per heavy atom. The van der Waals surface area contributed by atoms with Crippen LogP contribution in [0.15, 0.2) is 0 Å². The smallest absolute Gasteiger partial charge is 0.170 e. The van der Waals surface area contributed by atoms with Crippen molar-refractivity contribution in [3.8, 4) is 0 Å². The molecule has 0 spiro atoms.